The molecular formula is C20H35N5O3S. The summed E-state index contributed by atoms with van der Waals surface area (Å²) in [5.74, 6) is 1.68. The highest BCUT2D eigenvalue weighted by Crippen LogP contribution is 2.27. The highest BCUT2D eigenvalue weighted by Gasteiger charge is 2.29. The Hall–Kier alpha value is -1.61. The average Bonchev–Trinajstić information content (AvgIpc) is 3.23. The van der Waals surface area contributed by atoms with Gasteiger partial charge >= 0.3 is 0 Å². The van der Waals surface area contributed by atoms with Gasteiger partial charge in [-0.05, 0) is 25.7 Å². The number of guanidine groups is 1. The van der Waals surface area contributed by atoms with Crippen molar-refractivity contribution in [3.8, 4) is 0 Å². The molecule has 0 radical (unpaired) electrons. The van der Waals surface area contributed by atoms with Crippen molar-refractivity contribution in [2.45, 2.75) is 57.6 Å². The number of aromatic nitrogens is 1. The van der Waals surface area contributed by atoms with E-state index >= 15 is 0 Å². The van der Waals surface area contributed by atoms with Gasteiger partial charge in [0.05, 0.1) is 5.69 Å². The fourth-order valence-electron chi connectivity index (χ4n) is 4.23. The Kier molecular flexibility index (Phi) is 8.35. The summed E-state index contributed by atoms with van der Waals surface area (Å²) in [7, 11) is -3.38. The first-order valence-corrected chi connectivity index (χ1v) is 12.6. The molecular weight excluding hydrogens is 390 g/mol. The average molecular weight is 426 g/mol. The van der Waals surface area contributed by atoms with Crippen LogP contribution in [0.4, 0.5) is 0 Å². The lowest BCUT2D eigenvalue weighted by molar-refractivity contribution is 0.259. The largest absolute Gasteiger partial charge is 0.364 e. The maximum absolute atomic E-state index is 12.6. The maximum atomic E-state index is 12.6. The number of hydrogen-bond acceptors (Lipinski definition) is 5. The number of aliphatic imine (C=N–C) groups is 1. The smallest absolute Gasteiger partial charge is 0.220 e. The highest BCUT2D eigenvalue weighted by molar-refractivity contribution is 7.88. The van der Waals surface area contributed by atoms with Crippen molar-refractivity contribution in [3.63, 3.8) is 0 Å². The molecule has 0 spiro atoms. The first-order valence-electron chi connectivity index (χ1n) is 11.0. The second-order valence-corrected chi connectivity index (χ2v) is 9.98. The summed E-state index contributed by atoms with van der Waals surface area (Å²) in [6.07, 6.45) is 10.8. The molecule has 1 saturated carbocycles. The zero-order valence-electron chi connectivity index (χ0n) is 17.6. The van der Waals surface area contributed by atoms with E-state index in [2.05, 4.69) is 22.3 Å². The lowest BCUT2D eigenvalue weighted by Gasteiger charge is -2.35. The van der Waals surface area contributed by atoms with E-state index in [1.165, 1.54) is 44.8 Å². The summed E-state index contributed by atoms with van der Waals surface area (Å²) in [6, 6.07) is 1.59. The van der Waals surface area contributed by atoms with E-state index in [1.807, 2.05) is 0 Å². The van der Waals surface area contributed by atoms with Crippen LogP contribution in [0, 0.1) is 5.92 Å². The second-order valence-electron chi connectivity index (χ2n) is 8.02. The molecule has 1 aromatic rings. The third-order valence-corrected chi connectivity index (χ3v) is 7.66. The predicted octanol–water partition coefficient (Wildman–Crippen LogP) is 2.45. The van der Waals surface area contributed by atoms with Crippen LogP contribution in [-0.2, 0) is 15.8 Å². The van der Waals surface area contributed by atoms with Crippen LogP contribution in [0.2, 0.25) is 0 Å². The maximum Gasteiger partial charge on any atom is 0.220 e. The van der Waals surface area contributed by atoms with E-state index in [-0.39, 0.29) is 5.75 Å². The topological polar surface area (TPSA) is 91.0 Å². The fourth-order valence-corrected chi connectivity index (χ4v) is 5.66. The molecule has 0 amide bonds. The van der Waals surface area contributed by atoms with Crippen LogP contribution in [0.3, 0.4) is 0 Å². The van der Waals surface area contributed by atoms with Crippen LogP contribution in [0.5, 0.6) is 0 Å². The molecule has 1 aliphatic heterocycles. The molecule has 2 aliphatic rings. The van der Waals surface area contributed by atoms with Gasteiger partial charge in [0.1, 0.15) is 12.0 Å². The Morgan fingerprint density at radius 2 is 2.00 bits per heavy atom. The van der Waals surface area contributed by atoms with E-state index in [1.54, 1.807) is 10.4 Å². The normalized spacial score (nSPS) is 20.2. The molecule has 2 heterocycles. The molecule has 0 atom stereocenters. The lowest BCUT2D eigenvalue weighted by Crippen LogP contribution is -2.53. The number of hydrogen-bond donors (Lipinski definition) is 1. The molecule has 9 heteroatoms. The van der Waals surface area contributed by atoms with Gasteiger partial charge in [0.15, 0.2) is 5.96 Å². The summed E-state index contributed by atoms with van der Waals surface area (Å²) < 4.78 is 31.5. The SMILES string of the molecule is CCNC(=NCCCC1CCCCC1)N1CCN(S(=O)(=O)Cc2ccon2)CC1. The van der Waals surface area contributed by atoms with Crippen LogP contribution >= 0.6 is 0 Å². The van der Waals surface area contributed by atoms with Gasteiger partial charge in [0, 0.05) is 45.3 Å². The molecule has 2 fully saturated rings. The third-order valence-electron chi connectivity index (χ3n) is 5.84. The molecule has 1 saturated heterocycles. The number of nitrogens with zero attached hydrogens (tertiary/aromatic N) is 4. The summed E-state index contributed by atoms with van der Waals surface area (Å²) in [6.45, 7) is 5.93. The number of sulfonamides is 1. The molecule has 0 aromatic carbocycles. The van der Waals surface area contributed by atoms with Gasteiger partial charge in [0.2, 0.25) is 10.0 Å². The molecule has 1 aromatic heterocycles. The van der Waals surface area contributed by atoms with E-state index in [0.717, 1.165) is 31.4 Å². The number of rotatable bonds is 8. The Morgan fingerprint density at radius 1 is 1.24 bits per heavy atom. The molecule has 1 N–H and O–H groups in total. The van der Waals surface area contributed by atoms with Crippen LogP contribution in [0.1, 0.15) is 57.6 Å². The molecule has 1 aliphatic carbocycles. The molecule has 0 unspecified atom stereocenters. The minimum atomic E-state index is -3.38. The summed E-state index contributed by atoms with van der Waals surface area (Å²) in [5.41, 5.74) is 0.445. The summed E-state index contributed by atoms with van der Waals surface area (Å²) in [4.78, 5) is 6.98. The number of nitrogens with one attached hydrogen (secondary N) is 1. The van der Waals surface area contributed by atoms with Crippen molar-refractivity contribution in [1.29, 1.82) is 0 Å². The van der Waals surface area contributed by atoms with E-state index in [0.29, 0.717) is 31.9 Å². The molecule has 0 bridgehead atoms. The Balaban J connectivity index is 1.47. The van der Waals surface area contributed by atoms with E-state index in [4.69, 9.17) is 9.52 Å². The predicted molar refractivity (Wildman–Crippen MR) is 114 cm³/mol. The van der Waals surface area contributed by atoms with Crippen molar-refractivity contribution in [1.82, 2.24) is 19.7 Å². The highest BCUT2D eigenvalue weighted by atomic mass is 32.2. The second kappa shape index (κ2) is 11.0. The lowest BCUT2D eigenvalue weighted by atomic mass is 9.86. The van der Waals surface area contributed by atoms with Crippen LogP contribution < -0.4 is 5.32 Å². The van der Waals surface area contributed by atoms with Crippen molar-refractivity contribution in [2.75, 3.05) is 39.3 Å². The summed E-state index contributed by atoms with van der Waals surface area (Å²) in [5, 5.41) is 7.09. The monoisotopic (exact) mass is 425 g/mol. The van der Waals surface area contributed by atoms with Gasteiger partial charge in [-0.1, -0.05) is 37.3 Å². The van der Waals surface area contributed by atoms with Gasteiger partial charge in [0.25, 0.3) is 0 Å². The van der Waals surface area contributed by atoms with Crippen LogP contribution in [0.25, 0.3) is 0 Å². The van der Waals surface area contributed by atoms with Gasteiger partial charge in [-0.25, -0.2) is 8.42 Å². The molecule has 8 nitrogen and oxygen atoms in total. The van der Waals surface area contributed by atoms with Crippen LogP contribution in [0.15, 0.2) is 21.8 Å². The zero-order chi connectivity index (χ0) is 20.5. The minimum Gasteiger partial charge on any atom is -0.364 e. The first-order chi connectivity index (χ1) is 14.1. The van der Waals surface area contributed by atoms with Crippen LogP contribution in [-0.4, -0.2) is 68.0 Å². The van der Waals surface area contributed by atoms with Gasteiger partial charge in [-0.3, -0.25) is 4.99 Å². The van der Waals surface area contributed by atoms with E-state index < -0.39 is 10.0 Å². The Bertz CT molecular complexity index is 721. The molecule has 3 rings (SSSR count). The Morgan fingerprint density at radius 3 is 2.66 bits per heavy atom. The van der Waals surface area contributed by atoms with Gasteiger partial charge in [-0.2, -0.15) is 4.31 Å². The summed E-state index contributed by atoms with van der Waals surface area (Å²) >= 11 is 0. The molecule has 164 valence electrons. The molecule has 29 heavy (non-hydrogen) atoms. The third kappa shape index (κ3) is 6.70. The minimum absolute atomic E-state index is 0.112. The van der Waals surface area contributed by atoms with Crippen molar-refractivity contribution in [3.05, 3.63) is 18.0 Å². The standard InChI is InChI=1S/C20H35N5O3S/c1-2-21-20(22-11-6-9-18-7-4-3-5-8-18)24-12-14-25(15-13-24)29(26,27)17-19-10-16-28-23-19/h10,16,18H,2-9,11-15,17H2,1H3,(H,21,22). The Labute approximate surface area is 174 Å². The first kappa shape index (κ1) is 22.1. The van der Waals surface area contributed by atoms with E-state index in [9.17, 15) is 8.42 Å². The van der Waals surface area contributed by atoms with Gasteiger partial charge in [-0.15, -0.1) is 0 Å². The zero-order valence-corrected chi connectivity index (χ0v) is 18.4. The fraction of sp³-hybridized carbons (Fsp3) is 0.800. The van der Waals surface area contributed by atoms with Crippen molar-refractivity contribution >= 4 is 16.0 Å². The van der Waals surface area contributed by atoms with Crippen molar-refractivity contribution in [2.24, 2.45) is 10.9 Å². The number of piperazine rings is 1. The van der Waals surface area contributed by atoms with Crippen molar-refractivity contribution < 1.29 is 12.9 Å². The quantitative estimate of drug-likeness (QED) is 0.391. The van der Waals surface area contributed by atoms with Gasteiger partial charge < -0.3 is 14.7 Å².